The molecule has 2 heterocycles. The smallest absolute Gasteiger partial charge is 0.132 e. The Labute approximate surface area is 143 Å². The molecule has 1 aromatic carbocycles. The van der Waals surface area contributed by atoms with Crippen LogP contribution in [0.5, 0.6) is 11.5 Å². The molecule has 1 aromatic heterocycles. The molecule has 5 heteroatoms. The van der Waals surface area contributed by atoms with E-state index in [0.29, 0.717) is 5.92 Å². The van der Waals surface area contributed by atoms with Crippen molar-refractivity contribution >= 4 is 5.82 Å². The topological polar surface area (TPSA) is 47.5 Å². The average Bonchev–Trinajstić information content (AvgIpc) is 2.67. The Morgan fingerprint density at radius 2 is 1.79 bits per heavy atom. The average molecular weight is 327 g/mol. The SMILES string of the molecule is CCc1cc(N2CCC(COc3ccc(OC)cc3)CC2)ncn1. The van der Waals surface area contributed by atoms with Crippen LogP contribution in [0, 0.1) is 5.92 Å². The van der Waals surface area contributed by atoms with Gasteiger partial charge in [-0.1, -0.05) is 6.92 Å². The van der Waals surface area contributed by atoms with Gasteiger partial charge in [0, 0.05) is 24.8 Å². The van der Waals surface area contributed by atoms with Crippen molar-refractivity contribution in [3.8, 4) is 11.5 Å². The summed E-state index contributed by atoms with van der Waals surface area (Å²) in [5.74, 6) is 3.40. The number of piperidine rings is 1. The van der Waals surface area contributed by atoms with E-state index in [1.54, 1.807) is 13.4 Å². The second-order valence-electron chi connectivity index (χ2n) is 6.14. The van der Waals surface area contributed by atoms with E-state index in [1.807, 2.05) is 24.3 Å². The molecule has 3 rings (SSSR count). The number of anilines is 1. The van der Waals surface area contributed by atoms with E-state index in [1.165, 1.54) is 0 Å². The van der Waals surface area contributed by atoms with Gasteiger partial charge < -0.3 is 14.4 Å². The molecule has 0 radical (unpaired) electrons. The molecule has 0 saturated carbocycles. The highest BCUT2D eigenvalue weighted by Crippen LogP contribution is 2.24. The largest absolute Gasteiger partial charge is 0.497 e. The Bertz CT molecular complexity index is 637. The third-order valence-electron chi connectivity index (χ3n) is 4.56. The maximum absolute atomic E-state index is 5.92. The lowest BCUT2D eigenvalue weighted by Gasteiger charge is -2.32. The van der Waals surface area contributed by atoms with Crippen molar-refractivity contribution in [1.29, 1.82) is 0 Å². The second kappa shape index (κ2) is 7.99. The van der Waals surface area contributed by atoms with Crippen LogP contribution in [0.25, 0.3) is 0 Å². The molecule has 2 aromatic rings. The summed E-state index contributed by atoms with van der Waals surface area (Å²) in [7, 11) is 1.67. The summed E-state index contributed by atoms with van der Waals surface area (Å²) in [5.41, 5.74) is 1.10. The molecule has 0 N–H and O–H groups in total. The molecule has 0 atom stereocenters. The number of ether oxygens (including phenoxy) is 2. The van der Waals surface area contributed by atoms with E-state index < -0.39 is 0 Å². The van der Waals surface area contributed by atoms with Gasteiger partial charge in [-0.05, 0) is 49.4 Å². The van der Waals surface area contributed by atoms with Gasteiger partial charge in [0.2, 0.25) is 0 Å². The third kappa shape index (κ3) is 4.16. The lowest BCUT2D eigenvalue weighted by atomic mass is 9.98. The van der Waals surface area contributed by atoms with Gasteiger partial charge in [-0.3, -0.25) is 0 Å². The van der Waals surface area contributed by atoms with Crippen molar-refractivity contribution in [3.63, 3.8) is 0 Å². The Balaban J connectivity index is 1.47. The summed E-state index contributed by atoms with van der Waals surface area (Å²) in [6.45, 7) is 4.94. The minimum Gasteiger partial charge on any atom is -0.497 e. The first kappa shape index (κ1) is 16.6. The van der Waals surface area contributed by atoms with Crippen molar-refractivity contribution < 1.29 is 9.47 Å². The number of aromatic nitrogens is 2. The molecule has 1 saturated heterocycles. The van der Waals surface area contributed by atoms with E-state index in [2.05, 4.69) is 27.9 Å². The van der Waals surface area contributed by atoms with Crippen molar-refractivity contribution in [2.45, 2.75) is 26.2 Å². The first-order valence-corrected chi connectivity index (χ1v) is 8.61. The molecule has 0 bridgehead atoms. The van der Waals surface area contributed by atoms with Gasteiger partial charge in [0.05, 0.1) is 13.7 Å². The number of nitrogens with zero attached hydrogens (tertiary/aromatic N) is 3. The van der Waals surface area contributed by atoms with Gasteiger partial charge in [0.15, 0.2) is 0 Å². The predicted molar refractivity (Wildman–Crippen MR) is 94.8 cm³/mol. The van der Waals surface area contributed by atoms with Crippen LogP contribution in [0.4, 0.5) is 5.82 Å². The van der Waals surface area contributed by atoms with E-state index >= 15 is 0 Å². The number of hydrogen-bond donors (Lipinski definition) is 0. The van der Waals surface area contributed by atoms with Crippen molar-refractivity contribution in [2.24, 2.45) is 5.92 Å². The van der Waals surface area contributed by atoms with Gasteiger partial charge in [-0.25, -0.2) is 9.97 Å². The van der Waals surface area contributed by atoms with Crippen molar-refractivity contribution in [3.05, 3.63) is 42.4 Å². The van der Waals surface area contributed by atoms with Crippen LogP contribution in [0.15, 0.2) is 36.7 Å². The van der Waals surface area contributed by atoms with E-state index in [0.717, 1.165) is 62.0 Å². The number of rotatable bonds is 6. The standard InChI is InChI=1S/C19H25N3O2/c1-3-16-12-19(21-14-20-16)22-10-8-15(9-11-22)13-24-18-6-4-17(23-2)5-7-18/h4-7,12,14-15H,3,8-11,13H2,1-2H3. The maximum Gasteiger partial charge on any atom is 0.132 e. The number of hydrogen-bond acceptors (Lipinski definition) is 5. The number of benzene rings is 1. The highest BCUT2D eigenvalue weighted by Gasteiger charge is 2.21. The fraction of sp³-hybridized carbons (Fsp3) is 0.474. The minimum absolute atomic E-state index is 0.593. The summed E-state index contributed by atoms with van der Waals surface area (Å²) in [6, 6.07) is 9.88. The molecule has 5 nitrogen and oxygen atoms in total. The van der Waals surface area contributed by atoms with Crippen LogP contribution in [0.1, 0.15) is 25.5 Å². The fourth-order valence-electron chi connectivity index (χ4n) is 2.97. The predicted octanol–water partition coefficient (Wildman–Crippen LogP) is 3.34. The summed E-state index contributed by atoms with van der Waals surface area (Å²) < 4.78 is 11.1. The molecule has 0 unspecified atom stereocenters. The Morgan fingerprint density at radius 3 is 2.46 bits per heavy atom. The zero-order chi connectivity index (χ0) is 16.8. The van der Waals surface area contributed by atoms with Crippen molar-refractivity contribution in [1.82, 2.24) is 9.97 Å². The van der Waals surface area contributed by atoms with Crippen LogP contribution in [0.3, 0.4) is 0 Å². The Kier molecular flexibility index (Phi) is 5.51. The van der Waals surface area contributed by atoms with Crippen LogP contribution in [-0.2, 0) is 6.42 Å². The third-order valence-corrected chi connectivity index (χ3v) is 4.56. The highest BCUT2D eigenvalue weighted by atomic mass is 16.5. The molecule has 128 valence electrons. The van der Waals surface area contributed by atoms with Gasteiger partial charge >= 0.3 is 0 Å². The molecular formula is C19H25N3O2. The lowest BCUT2D eigenvalue weighted by Crippen LogP contribution is -2.36. The van der Waals surface area contributed by atoms with Crippen molar-refractivity contribution in [2.75, 3.05) is 31.7 Å². The molecule has 0 amide bonds. The molecule has 1 aliphatic rings. The van der Waals surface area contributed by atoms with E-state index in [9.17, 15) is 0 Å². The van der Waals surface area contributed by atoms with Crippen LogP contribution < -0.4 is 14.4 Å². The summed E-state index contributed by atoms with van der Waals surface area (Å²) in [4.78, 5) is 11.0. The second-order valence-corrected chi connectivity index (χ2v) is 6.14. The van der Waals surface area contributed by atoms with Gasteiger partial charge in [-0.2, -0.15) is 0 Å². The fourth-order valence-corrected chi connectivity index (χ4v) is 2.97. The highest BCUT2D eigenvalue weighted by molar-refractivity contribution is 5.39. The monoisotopic (exact) mass is 327 g/mol. The minimum atomic E-state index is 0.593. The summed E-state index contributed by atoms with van der Waals surface area (Å²) >= 11 is 0. The number of methoxy groups -OCH3 is 1. The summed E-state index contributed by atoms with van der Waals surface area (Å²) in [5, 5.41) is 0. The zero-order valence-corrected chi connectivity index (χ0v) is 14.4. The lowest BCUT2D eigenvalue weighted by molar-refractivity contribution is 0.222. The van der Waals surface area contributed by atoms with Crippen LogP contribution in [-0.4, -0.2) is 36.8 Å². The van der Waals surface area contributed by atoms with Gasteiger partial charge in [0.25, 0.3) is 0 Å². The number of aryl methyl sites for hydroxylation is 1. The van der Waals surface area contributed by atoms with Crippen LogP contribution in [0.2, 0.25) is 0 Å². The van der Waals surface area contributed by atoms with E-state index in [-0.39, 0.29) is 0 Å². The molecular weight excluding hydrogens is 302 g/mol. The quantitative estimate of drug-likeness (QED) is 0.814. The van der Waals surface area contributed by atoms with E-state index in [4.69, 9.17) is 9.47 Å². The molecule has 0 spiro atoms. The molecule has 24 heavy (non-hydrogen) atoms. The molecule has 1 aliphatic heterocycles. The van der Waals surface area contributed by atoms with Crippen LogP contribution >= 0.6 is 0 Å². The molecule has 0 aliphatic carbocycles. The van der Waals surface area contributed by atoms with Gasteiger partial charge in [-0.15, -0.1) is 0 Å². The maximum atomic E-state index is 5.92. The Morgan fingerprint density at radius 1 is 1.08 bits per heavy atom. The molecule has 1 fully saturated rings. The summed E-state index contributed by atoms with van der Waals surface area (Å²) in [6.07, 6.45) is 4.87. The zero-order valence-electron chi connectivity index (χ0n) is 14.4. The normalized spacial score (nSPS) is 15.3. The first-order valence-electron chi connectivity index (χ1n) is 8.61. The first-order chi connectivity index (χ1) is 11.8. The van der Waals surface area contributed by atoms with Gasteiger partial charge in [0.1, 0.15) is 23.6 Å². The Hall–Kier alpha value is -2.30.